The first-order chi connectivity index (χ1) is 13.4. The van der Waals surface area contributed by atoms with Crippen molar-refractivity contribution in [2.24, 2.45) is 0 Å². The molecule has 5 rings (SSSR count). The van der Waals surface area contributed by atoms with Crippen LogP contribution in [-0.4, -0.2) is 10.2 Å². The van der Waals surface area contributed by atoms with E-state index in [9.17, 15) is 10.2 Å². The smallest absolute Gasteiger partial charge is 0.131 e. The molecule has 0 aliphatic heterocycles. The van der Waals surface area contributed by atoms with Crippen molar-refractivity contribution < 1.29 is 10.2 Å². The minimum atomic E-state index is 0.316. The molecule has 0 radical (unpaired) electrons. The molecule has 0 atom stereocenters. The Kier molecular flexibility index (Phi) is 3.39. The van der Waals surface area contributed by atoms with E-state index in [1.54, 1.807) is 0 Å². The molecule has 0 aromatic heterocycles. The summed E-state index contributed by atoms with van der Waals surface area (Å²) in [6.07, 6.45) is 0. The van der Waals surface area contributed by atoms with Gasteiger partial charge in [-0.25, -0.2) is 0 Å². The molecule has 0 amide bonds. The fourth-order valence-electron chi connectivity index (χ4n) is 4.53. The van der Waals surface area contributed by atoms with Gasteiger partial charge in [0.05, 0.1) is 0 Å². The second-order valence-electron chi connectivity index (χ2n) is 7.99. The minimum Gasteiger partial charge on any atom is -0.507 e. The third-order valence-electron chi connectivity index (χ3n) is 6.15. The summed E-state index contributed by atoms with van der Waals surface area (Å²) < 4.78 is 0. The largest absolute Gasteiger partial charge is 0.507 e. The second kappa shape index (κ2) is 5.62. The van der Waals surface area contributed by atoms with Crippen LogP contribution in [0.1, 0.15) is 22.3 Å². The number of rotatable bonds is 0. The third kappa shape index (κ3) is 2.15. The molecule has 0 heterocycles. The Morgan fingerprint density at radius 1 is 0.464 bits per heavy atom. The Morgan fingerprint density at radius 3 is 1.18 bits per heavy atom. The van der Waals surface area contributed by atoms with E-state index in [0.717, 1.165) is 65.3 Å². The van der Waals surface area contributed by atoms with E-state index in [-0.39, 0.29) is 0 Å². The Hall–Kier alpha value is -3.26. The van der Waals surface area contributed by atoms with Crippen LogP contribution in [0.2, 0.25) is 0 Å². The molecule has 0 saturated carbocycles. The zero-order valence-electron chi connectivity index (χ0n) is 16.5. The van der Waals surface area contributed by atoms with Gasteiger partial charge in [0.1, 0.15) is 11.5 Å². The first-order valence-corrected chi connectivity index (χ1v) is 9.58. The first kappa shape index (κ1) is 16.9. The van der Waals surface area contributed by atoms with Gasteiger partial charge in [0.15, 0.2) is 0 Å². The maximum Gasteiger partial charge on any atom is 0.131 e. The molecular weight excluding hydrogens is 344 g/mol. The summed E-state index contributed by atoms with van der Waals surface area (Å²) in [6, 6.07) is 16.5. The highest BCUT2D eigenvalue weighted by Gasteiger charge is 2.15. The molecule has 0 saturated heterocycles. The van der Waals surface area contributed by atoms with Gasteiger partial charge < -0.3 is 10.2 Å². The molecule has 2 N–H and O–H groups in total. The van der Waals surface area contributed by atoms with Gasteiger partial charge in [0.25, 0.3) is 0 Å². The van der Waals surface area contributed by atoms with Crippen LogP contribution < -0.4 is 0 Å². The number of phenols is 2. The van der Waals surface area contributed by atoms with E-state index >= 15 is 0 Å². The second-order valence-corrected chi connectivity index (χ2v) is 7.99. The van der Waals surface area contributed by atoms with Crippen molar-refractivity contribution >= 4 is 43.1 Å². The summed E-state index contributed by atoms with van der Waals surface area (Å²) in [6.45, 7) is 8.18. The topological polar surface area (TPSA) is 40.5 Å². The molecule has 2 nitrogen and oxygen atoms in total. The average molecular weight is 366 g/mol. The maximum absolute atomic E-state index is 11.1. The third-order valence-corrected chi connectivity index (χ3v) is 6.15. The quantitative estimate of drug-likeness (QED) is 0.291. The molecular formula is C26H22O2. The Balaban J connectivity index is 2.02. The standard InChI is InChI=1S/C26H22O2/c1-13-5-7-15(3)23-19(13)9-17-11-22-18(12-21(17)25(23)27)10-20-14(2)6-8-16(4)24(20)26(22)28/h5-12,27-28H,1-4H3. The van der Waals surface area contributed by atoms with Gasteiger partial charge in [-0.15, -0.1) is 0 Å². The predicted molar refractivity (Wildman–Crippen MR) is 119 cm³/mol. The van der Waals surface area contributed by atoms with Crippen LogP contribution in [-0.2, 0) is 0 Å². The molecule has 0 bridgehead atoms. The van der Waals surface area contributed by atoms with Crippen LogP contribution in [0.4, 0.5) is 0 Å². The zero-order chi connectivity index (χ0) is 19.7. The summed E-state index contributed by atoms with van der Waals surface area (Å²) in [5.41, 5.74) is 4.39. The summed E-state index contributed by atoms with van der Waals surface area (Å²) in [7, 11) is 0. The van der Waals surface area contributed by atoms with Crippen molar-refractivity contribution in [2.75, 3.05) is 0 Å². The number of aromatic hydroxyl groups is 2. The van der Waals surface area contributed by atoms with Crippen molar-refractivity contribution in [3.8, 4) is 11.5 Å². The first-order valence-electron chi connectivity index (χ1n) is 9.58. The van der Waals surface area contributed by atoms with Gasteiger partial charge in [-0.05, 0) is 95.8 Å². The van der Waals surface area contributed by atoms with E-state index in [1.807, 2.05) is 26.0 Å². The molecule has 2 heteroatoms. The van der Waals surface area contributed by atoms with Crippen LogP contribution in [0, 0.1) is 27.7 Å². The number of phenolic OH excluding ortho intramolecular Hbond substituents is 2. The lowest BCUT2D eigenvalue weighted by Gasteiger charge is -2.15. The van der Waals surface area contributed by atoms with E-state index in [2.05, 4.69) is 50.2 Å². The highest BCUT2D eigenvalue weighted by molar-refractivity contribution is 6.15. The van der Waals surface area contributed by atoms with Crippen LogP contribution in [0.15, 0.2) is 48.5 Å². The van der Waals surface area contributed by atoms with Crippen molar-refractivity contribution in [3.63, 3.8) is 0 Å². The molecule has 5 aromatic rings. The van der Waals surface area contributed by atoms with Gasteiger partial charge in [0.2, 0.25) is 0 Å². The molecule has 5 aromatic carbocycles. The predicted octanol–water partition coefficient (Wildman–Crippen LogP) is 6.94. The number of benzene rings is 5. The van der Waals surface area contributed by atoms with Crippen LogP contribution in [0.25, 0.3) is 43.1 Å². The van der Waals surface area contributed by atoms with E-state index in [0.29, 0.717) is 11.5 Å². The number of fused-ring (bicyclic) bond motifs is 4. The Labute approximate surface area is 163 Å². The Morgan fingerprint density at radius 2 is 0.786 bits per heavy atom. The summed E-state index contributed by atoms with van der Waals surface area (Å²) >= 11 is 0. The van der Waals surface area contributed by atoms with Crippen LogP contribution in [0.5, 0.6) is 11.5 Å². The normalized spacial score (nSPS) is 11.9. The molecule has 0 aliphatic carbocycles. The van der Waals surface area contributed by atoms with Crippen molar-refractivity contribution in [3.05, 3.63) is 70.8 Å². The fraction of sp³-hybridized carbons (Fsp3) is 0.154. The lowest BCUT2D eigenvalue weighted by Crippen LogP contribution is -1.89. The summed E-state index contributed by atoms with van der Waals surface area (Å²) in [4.78, 5) is 0. The molecule has 0 fully saturated rings. The average Bonchev–Trinajstić information content (AvgIpc) is 2.67. The van der Waals surface area contributed by atoms with E-state index in [4.69, 9.17) is 0 Å². The van der Waals surface area contributed by atoms with Gasteiger partial charge in [-0.3, -0.25) is 0 Å². The molecule has 28 heavy (non-hydrogen) atoms. The molecule has 0 unspecified atom stereocenters. The highest BCUT2D eigenvalue weighted by Crippen LogP contribution is 2.43. The van der Waals surface area contributed by atoms with Gasteiger partial charge in [0, 0.05) is 21.5 Å². The number of hydrogen-bond acceptors (Lipinski definition) is 2. The Bertz CT molecular complexity index is 1350. The maximum atomic E-state index is 11.1. The lowest BCUT2D eigenvalue weighted by molar-refractivity contribution is 0.486. The van der Waals surface area contributed by atoms with Crippen molar-refractivity contribution in [2.45, 2.75) is 27.7 Å². The molecule has 0 spiro atoms. The number of hydrogen-bond donors (Lipinski definition) is 2. The molecule has 138 valence electrons. The lowest BCUT2D eigenvalue weighted by atomic mass is 9.91. The van der Waals surface area contributed by atoms with Crippen molar-refractivity contribution in [1.82, 2.24) is 0 Å². The monoisotopic (exact) mass is 366 g/mol. The zero-order valence-corrected chi connectivity index (χ0v) is 16.5. The van der Waals surface area contributed by atoms with Gasteiger partial charge in [-0.1, -0.05) is 24.3 Å². The van der Waals surface area contributed by atoms with Crippen LogP contribution >= 0.6 is 0 Å². The number of aryl methyl sites for hydroxylation is 4. The van der Waals surface area contributed by atoms with E-state index < -0.39 is 0 Å². The van der Waals surface area contributed by atoms with Gasteiger partial charge >= 0.3 is 0 Å². The fourth-order valence-corrected chi connectivity index (χ4v) is 4.53. The highest BCUT2D eigenvalue weighted by atomic mass is 16.3. The van der Waals surface area contributed by atoms with Crippen molar-refractivity contribution in [1.29, 1.82) is 0 Å². The van der Waals surface area contributed by atoms with Gasteiger partial charge in [-0.2, -0.15) is 0 Å². The van der Waals surface area contributed by atoms with E-state index in [1.165, 1.54) is 0 Å². The SMILES string of the molecule is Cc1ccc(C)c2c(O)c3cc4cc5c(C)ccc(C)c5c(O)c4cc3cc12. The summed E-state index contributed by atoms with van der Waals surface area (Å²) in [5.74, 6) is 0.632. The molecule has 0 aliphatic rings. The minimum absolute atomic E-state index is 0.316. The summed E-state index contributed by atoms with van der Waals surface area (Å²) in [5, 5.41) is 29.6. The van der Waals surface area contributed by atoms with Crippen LogP contribution in [0.3, 0.4) is 0 Å².